The molecule has 0 aromatic carbocycles. The maximum atomic E-state index is 8.36. The fourth-order valence-corrected chi connectivity index (χ4v) is 1.90. The number of rotatable bonds is 0. The van der Waals surface area contributed by atoms with Gasteiger partial charge < -0.3 is 10.4 Å². The van der Waals surface area contributed by atoms with Gasteiger partial charge in [0.1, 0.15) is 0 Å². The van der Waals surface area contributed by atoms with Gasteiger partial charge in [-0.15, -0.1) is 0 Å². The first-order chi connectivity index (χ1) is 5.36. The number of fused-ring (bicyclic) bond motifs is 3. The highest BCUT2D eigenvalue weighted by molar-refractivity contribution is 5.32. The summed E-state index contributed by atoms with van der Waals surface area (Å²) in [4.78, 5) is 8.36. The third-order valence-electron chi connectivity index (χ3n) is 2.54. The second kappa shape index (κ2) is 4.34. The molecule has 3 rings (SSSR count). The molecule has 1 saturated carbocycles. The molecule has 2 aliphatic heterocycles. The molecular formula is C8H15NO2. The molecule has 11 heavy (non-hydrogen) atoms. The number of nitrogens with one attached hydrogen (secondary N) is 1. The van der Waals surface area contributed by atoms with E-state index in [1.807, 2.05) is 0 Å². The molecule has 64 valence electrons. The maximum Gasteiger partial charge on any atom is 0.290 e. The second-order valence-corrected chi connectivity index (χ2v) is 3.23. The van der Waals surface area contributed by atoms with E-state index in [4.69, 9.17) is 9.90 Å². The van der Waals surface area contributed by atoms with E-state index in [2.05, 4.69) is 5.32 Å². The SMILES string of the molecule is C1CC2CCC1CN2.O=CO. The van der Waals surface area contributed by atoms with Crippen LogP contribution in [0.25, 0.3) is 0 Å². The van der Waals surface area contributed by atoms with Gasteiger partial charge in [0.2, 0.25) is 0 Å². The van der Waals surface area contributed by atoms with E-state index < -0.39 is 0 Å². The molecule has 2 bridgehead atoms. The van der Waals surface area contributed by atoms with Gasteiger partial charge in [0, 0.05) is 6.04 Å². The zero-order chi connectivity index (χ0) is 8.10. The molecular weight excluding hydrogens is 142 g/mol. The highest BCUT2D eigenvalue weighted by Gasteiger charge is 2.25. The van der Waals surface area contributed by atoms with Crippen molar-refractivity contribution in [1.82, 2.24) is 5.32 Å². The van der Waals surface area contributed by atoms with Crippen LogP contribution in [0.2, 0.25) is 0 Å². The van der Waals surface area contributed by atoms with Gasteiger partial charge in [0.25, 0.3) is 6.47 Å². The standard InChI is InChI=1S/C7H13N.CH2O2/c1-3-7-4-2-6(1)5-8-7;2-1-3/h6-8H,1-5H2;1H,(H,2,3). The number of hydrogen-bond donors (Lipinski definition) is 2. The number of carbonyl (C=O) groups is 1. The van der Waals surface area contributed by atoms with E-state index in [1.165, 1.54) is 32.2 Å². The van der Waals surface area contributed by atoms with Gasteiger partial charge in [0.15, 0.2) is 0 Å². The second-order valence-electron chi connectivity index (χ2n) is 3.23. The third kappa shape index (κ3) is 2.50. The van der Waals surface area contributed by atoms with Crippen LogP contribution in [-0.2, 0) is 4.79 Å². The van der Waals surface area contributed by atoms with Crippen LogP contribution < -0.4 is 5.32 Å². The van der Waals surface area contributed by atoms with E-state index in [0.29, 0.717) is 0 Å². The molecule has 3 nitrogen and oxygen atoms in total. The van der Waals surface area contributed by atoms with Crippen molar-refractivity contribution in [2.24, 2.45) is 5.92 Å². The Morgan fingerprint density at radius 2 is 1.82 bits per heavy atom. The van der Waals surface area contributed by atoms with Crippen LogP contribution in [0.15, 0.2) is 0 Å². The van der Waals surface area contributed by atoms with Crippen LogP contribution in [0.1, 0.15) is 25.7 Å². The van der Waals surface area contributed by atoms with Crippen LogP contribution in [0.4, 0.5) is 0 Å². The van der Waals surface area contributed by atoms with Crippen molar-refractivity contribution in [1.29, 1.82) is 0 Å². The molecule has 2 heterocycles. The molecule has 0 spiro atoms. The van der Waals surface area contributed by atoms with E-state index in [9.17, 15) is 0 Å². The van der Waals surface area contributed by atoms with Crippen molar-refractivity contribution < 1.29 is 9.90 Å². The quantitative estimate of drug-likeness (QED) is 0.512. The molecule has 0 atom stereocenters. The van der Waals surface area contributed by atoms with Crippen LogP contribution in [0.5, 0.6) is 0 Å². The fraction of sp³-hybridized carbons (Fsp3) is 0.875. The normalized spacial score (nSPS) is 33.8. The van der Waals surface area contributed by atoms with Crippen LogP contribution >= 0.6 is 0 Å². The van der Waals surface area contributed by atoms with E-state index >= 15 is 0 Å². The summed E-state index contributed by atoms with van der Waals surface area (Å²) in [6, 6.07) is 0.903. The number of piperidine rings is 2. The Bertz CT molecular complexity index is 96.2. The summed E-state index contributed by atoms with van der Waals surface area (Å²) in [5.74, 6) is 1.04. The highest BCUT2D eigenvalue weighted by Crippen LogP contribution is 2.28. The fourth-order valence-electron chi connectivity index (χ4n) is 1.90. The maximum absolute atomic E-state index is 8.36. The van der Waals surface area contributed by atoms with Crippen molar-refractivity contribution >= 4 is 6.47 Å². The molecule has 1 aliphatic carbocycles. The van der Waals surface area contributed by atoms with Crippen molar-refractivity contribution in [3.8, 4) is 0 Å². The van der Waals surface area contributed by atoms with Crippen LogP contribution in [0.3, 0.4) is 0 Å². The number of hydrogen-bond acceptors (Lipinski definition) is 2. The zero-order valence-electron chi connectivity index (χ0n) is 6.62. The minimum Gasteiger partial charge on any atom is -0.483 e. The lowest BCUT2D eigenvalue weighted by Gasteiger charge is -2.36. The Labute approximate surface area is 66.8 Å². The van der Waals surface area contributed by atoms with Gasteiger partial charge in [-0.1, -0.05) is 0 Å². The smallest absolute Gasteiger partial charge is 0.290 e. The monoisotopic (exact) mass is 157 g/mol. The van der Waals surface area contributed by atoms with Gasteiger partial charge in [-0.2, -0.15) is 0 Å². The predicted molar refractivity (Wildman–Crippen MR) is 42.4 cm³/mol. The predicted octanol–water partition coefficient (Wildman–Crippen LogP) is 0.849. The molecule has 0 amide bonds. The van der Waals surface area contributed by atoms with E-state index in [-0.39, 0.29) is 6.47 Å². The molecule has 3 aliphatic rings. The first kappa shape index (κ1) is 8.53. The molecule has 0 aromatic heterocycles. The Morgan fingerprint density at radius 3 is 1.91 bits per heavy atom. The summed E-state index contributed by atoms with van der Waals surface area (Å²) in [6.07, 6.45) is 5.89. The van der Waals surface area contributed by atoms with Gasteiger partial charge in [-0.25, -0.2) is 0 Å². The molecule has 0 unspecified atom stereocenters. The molecule has 2 N–H and O–H groups in total. The first-order valence-electron chi connectivity index (χ1n) is 4.18. The third-order valence-corrected chi connectivity index (χ3v) is 2.54. The van der Waals surface area contributed by atoms with E-state index in [0.717, 1.165) is 12.0 Å². The van der Waals surface area contributed by atoms with Crippen LogP contribution in [0, 0.1) is 5.92 Å². The van der Waals surface area contributed by atoms with E-state index in [1.54, 1.807) is 0 Å². The highest BCUT2D eigenvalue weighted by atomic mass is 16.3. The van der Waals surface area contributed by atoms with Crippen molar-refractivity contribution in [2.45, 2.75) is 31.7 Å². The summed E-state index contributed by atoms with van der Waals surface area (Å²) in [7, 11) is 0. The Kier molecular flexibility index (Phi) is 3.36. The Hall–Kier alpha value is -0.570. The van der Waals surface area contributed by atoms with Gasteiger partial charge in [0.05, 0.1) is 0 Å². The average Bonchev–Trinajstić information content (AvgIpc) is 2.09. The topological polar surface area (TPSA) is 49.3 Å². The number of carboxylic acid groups (broad SMARTS) is 1. The summed E-state index contributed by atoms with van der Waals surface area (Å²) in [6.45, 7) is 1.06. The first-order valence-corrected chi connectivity index (χ1v) is 4.18. The lowest BCUT2D eigenvalue weighted by Crippen LogP contribution is -2.44. The summed E-state index contributed by atoms with van der Waals surface area (Å²) >= 11 is 0. The molecule has 0 aromatic rings. The molecule has 3 heteroatoms. The largest absolute Gasteiger partial charge is 0.483 e. The minimum atomic E-state index is -0.250. The summed E-state index contributed by atoms with van der Waals surface area (Å²) in [5, 5.41) is 10.4. The minimum absolute atomic E-state index is 0.250. The molecule has 0 radical (unpaired) electrons. The van der Waals surface area contributed by atoms with Gasteiger partial charge in [-0.05, 0) is 38.1 Å². The van der Waals surface area contributed by atoms with Gasteiger partial charge >= 0.3 is 0 Å². The molecule has 2 saturated heterocycles. The summed E-state index contributed by atoms with van der Waals surface area (Å²) in [5.41, 5.74) is 0. The van der Waals surface area contributed by atoms with Crippen LogP contribution in [-0.4, -0.2) is 24.2 Å². The lowest BCUT2D eigenvalue weighted by molar-refractivity contribution is -0.122. The van der Waals surface area contributed by atoms with Crippen molar-refractivity contribution in [3.63, 3.8) is 0 Å². The Balaban J connectivity index is 0.000000179. The Morgan fingerprint density at radius 1 is 1.27 bits per heavy atom. The molecule has 3 fully saturated rings. The zero-order valence-corrected chi connectivity index (χ0v) is 6.62. The van der Waals surface area contributed by atoms with Crippen molar-refractivity contribution in [3.05, 3.63) is 0 Å². The summed E-state index contributed by atoms with van der Waals surface area (Å²) < 4.78 is 0. The average molecular weight is 157 g/mol. The van der Waals surface area contributed by atoms with Gasteiger partial charge in [-0.3, -0.25) is 4.79 Å². The van der Waals surface area contributed by atoms with Crippen molar-refractivity contribution in [2.75, 3.05) is 6.54 Å². The lowest BCUT2D eigenvalue weighted by atomic mass is 9.82.